The first-order valence-electron chi connectivity index (χ1n) is 4.22. The van der Waals surface area contributed by atoms with E-state index in [1.807, 2.05) is 0 Å². The van der Waals surface area contributed by atoms with Crippen LogP contribution in [0.5, 0.6) is 0 Å². The molecule has 0 amide bonds. The molecule has 0 aromatic rings. The Kier molecular flexibility index (Phi) is 7.50. The Balaban J connectivity index is 4.09. The zero-order chi connectivity index (χ0) is 10.8. The highest BCUT2D eigenvalue weighted by molar-refractivity contribution is 4.95. The fourth-order valence-corrected chi connectivity index (χ4v) is 0.877. The SMILES string of the molecule is COCCN(CCOC)/C(O)=C/[N+]#N. The molecule has 0 saturated heterocycles. The van der Waals surface area contributed by atoms with Crippen molar-refractivity contribution in [2.75, 3.05) is 40.5 Å². The molecule has 1 N–H and O–H groups in total. The molecule has 80 valence electrons. The lowest BCUT2D eigenvalue weighted by molar-refractivity contribution is 0.101. The maximum atomic E-state index is 9.38. The van der Waals surface area contributed by atoms with Gasteiger partial charge in [-0.3, -0.25) is 0 Å². The number of ether oxygens (including phenoxy) is 2. The fourth-order valence-electron chi connectivity index (χ4n) is 0.877. The smallest absolute Gasteiger partial charge is 0.409 e. The van der Waals surface area contributed by atoms with Crippen molar-refractivity contribution in [1.82, 2.24) is 4.90 Å². The second-order valence-corrected chi connectivity index (χ2v) is 2.58. The Labute approximate surface area is 83.3 Å². The second-order valence-electron chi connectivity index (χ2n) is 2.58. The van der Waals surface area contributed by atoms with Gasteiger partial charge in [-0.1, -0.05) is 0 Å². The molecule has 0 heterocycles. The maximum absolute atomic E-state index is 9.38. The number of rotatable bonds is 7. The minimum absolute atomic E-state index is 0.110. The van der Waals surface area contributed by atoms with Gasteiger partial charge in [0.2, 0.25) is 5.39 Å². The van der Waals surface area contributed by atoms with E-state index in [2.05, 4.69) is 4.98 Å². The van der Waals surface area contributed by atoms with Crippen molar-refractivity contribution in [3.8, 4) is 0 Å². The van der Waals surface area contributed by atoms with E-state index in [-0.39, 0.29) is 5.88 Å². The van der Waals surface area contributed by atoms with Crippen LogP contribution in [-0.4, -0.2) is 50.5 Å². The zero-order valence-corrected chi connectivity index (χ0v) is 8.51. The summed E-state index contributed by atoms with van der Waals surface area (Å²) in [7, 11) is 3.15. The summed E-state index contributed by atoms with van der Waals surface area (Å²) in [5.41, 5.74) is 0. The van der Waals surface area contributed by atoms with Crippen molar-refractivity contribution < 1.29 is 14.6 Å². The van der Waals surface area contributed by atoms with E-state index in [0.717, 1.165) is 6.20 Å². The molecule has 14 heavy (non-hydrogen) atoms. The summed E-state index contributed by atoms with van der Waals surface area (Å²) in [5.74, 6) is -0.110. The molecule has 0 fully saturated rings. The van der Waals surface area contributed by atoms with E-state index in [4.69, 9.17) is 14.9 Å². The van der Waals surface area contributed by atoms with Gasteiger partial charge in [-0.25, -0.2) is 0 Å². The minimum Gasteiger partial charge on any atom is -0.489 e. The Morgan fingerprint density at radius 3 is 2.21 bits per heavy atom. The van der Waals surface area contributed by atoms with Crippen LogP contribution in [0.2, 0.25) is 0 Å². The van der Waals surface area contributed by atoms with Crippen LogP contribution < -0.4 is 0 Å². The molecular formula is C8H16N3O3+. The van der Waals surface area contributed by atoms with Gasteiger partial charge >= 0.3 is 6.20 Å². The van der Waals surface area contributed by atoms with Gasteiger partial charge in [0.05, 0.1) is 13.2 Å². The molecule has 6 nitrogen and oxygen atoms in total. The van der Waals surface area contributed by atoms with E-state index in [9.17, 15) is 5.11 Å². The number of aliphatic hydroxyl groups is 1. The molecule has 0 spiro atoms. The predicted octanol–water partition coefficient (Wildman–Crippen LogP) is 0.791. The lowest BCUT2D eigenvalue weighted by atomic mass is 10.5. The second kappa shape index (κ2) is 8.29. The maximum Gasteiger partial charge on any atom is 0.409 e. The summed E-state index contributed by atoms with van der Waals surface area (Å²) in [6.45, 7) is 1.98. The number of hydrogen-bond donors (Lipinski definition) is 1. The lowest BCUT2D eigenvalue weighted by Crippen LogP contribution is -2.30. The van der Waals surface area contributed by atoms with Crippen molar-refractivity contribution in [3.05, 3.63) is 17.1 Å². The molecule has 0 bridgehead atoms. The highest BCUT2D eigenvalue weighted by Gasteiger charge is 2.11. The van der Waals surface area contributed by atoms with Crippen LogP contribution in [0.25, 0.3) is 4.98 Å². The monoisotopic (exact) mass is 202 g/mol. The first kappa shape index (κ1) is 12.7. The van der Waals surface area contributed by atoms with Crippen LogP contribution in [0.4, 0.5) is 0 Å². The van der Waals surface area contributed by atoms with E-state index < -0.39 is 0 Å². The van der Waals surface area contributed by atoms with Crippen LogP contribution in [0.3, 0.4) is 0 Å². The van der Waals surface area contributed by atoms with Gasteiger partial charge in [0.1, 0.15) is 0 Å². The van der Waals surface area contributed by atoms with E-state index in [0.29, 0.717) is 26.3 Å². The topological polar surface area (TPSA) is 70.1 Å². The quantitative estimate of drug-likeness (QED) is 0.488. The predicted molar refractivity (Wildman–Crippen MR) is 51.1 cm³/mol. The van der Waals surface area contributed by atoms with Crippen molar-refractivity contribution in [3.63, 3.8) is 0 Å². The normalized spacial score (nSPS) is 11.1. The molecule has 0 aliphatic carbocycles. The number of hydrogen-bond acceptors (Lipinski definition) is 5. The number of methoxy groups -OCH3 is 2. The van der Waals surface area contributed by atoms with Gasteiger partial charge in [0, 0.05) is 27.3 Å². The van der Waals surface area contributed by atoms with Gasteiger partial charge in [-0.15, -0.1) is 0 Å². The first-order valence-corrected chi connectivity index (χ1v) is 4.22. The molecule has 0 unspecified atom stereocenters. The van der Waals surface area contributed by atoms with Gasteiger partial charge in [0.25, 0.3) is 5.88 Å². The Morgan fingerprint density at radius 1 is 1.36 bits per heavy atom. The van der Waals surface area contributed by atoms with E-state index >= 15 is 0 Å². The zero-order valence-electron chi connectivity index (χ0n) is 8.51. The molecule has 0 aromatic carbocycles. The summed E-state index contributed by atoms with van der Waals surface area (Å²) >= 11 is 0. The Hall–Kier alpha value is -1.32. The van der Waals surface area contributed by atoms with Crippen LogP contribution in [0.1, 0.15) is 0 Å². The third kappa shape index (κ3) is 5.35. The molecular weight excluding hydrogens is 186 g/mol. The van der Waals surface area contributed by atoms with Crippen molar-refractivity contribution in [2.45, 2.75) is 0 Å². The fraction of sp³-hybridized carbons (Fsp3) is 0.750. The third-order valence-electron chi connectivity index (χ3n) is 1.63. The van der Waals surface area contributed by atoms with Crippen LogP contribution in [0, 0.1) is 5.39 Å². The van der Waals surface area contributed by atoms with Gasteiger partial charge in [-0.05, 0) is 0 Å². The van der Waals surface area contributed by atoms with Gasteiger partial charge < -0.3 is 19.5 Å². The van der Waals surface area contributed by atoms with Crippen LogP contribution in [-0.2, 0) is 9.47 Å². The molecule has 0 aliphatic rings. The summed E-state index contributed by atoms with van der Waals surface area (Å²) in [6.07, 6.45) is 0.964. The number of diazo groups is 1. The van der Waals surface area contributed by atoms with Crippen molar-refractivity contribution in [2.24, 2.45) is 0 Å². The highest BCUT2D eigenvalue weighted by Crippen LogP contribution is 2.00. The number of nitrogens with zero attached hydrogens (tertiary/aromatic N) is 3. The molecule has 0 radical (unpaired) electrons. The summed E-state index contributed by atoms with van der Waals surface area (Å²) in [4.78, 5) is 4.33. The summed E-state index contributed by atoms with van der Waals surface area (Å²) in [5, 5.41) is 17.6. The molecule has 0 rings (SSSR count). The molecule has 0 aromatic heterocycles. The number of aliphatic hydroxyl groups excluding tert-OH is 1. The van der Waals surface area contributed by atoms with Crippen LogP contribution >= 0.6 is 0 Å². The van der Waals surface area contributed by atoms with Crippen molar-refractivity contribution >= 4 is 0 Å². The molecule has 6 heteroatoms. The minimum atomic E-state index is -0.110. The molecule has 0 atom stereocenters. The van der Waals surface area contributed by atoms with E-state index in [1.165, 1.54) is 0 Å². The Bertz CT molecular complexity index is 204. The third-order valence-corrected chi connectivity index (χ3v) is 1.63. The lowest BCUT2D eigenvalue weighted by Gasteiger charge is -2.20. The standard InChI is InChI=1S/C8H15N3O3/c1-13-5-3-11(4-6-14-2)8(12)7-10-9/h7H,3-6H2,1-2H3/p+1/b8-7-. The molecule has 0 aliphatic heterocycles. The first-order chi connectivity index (χ1) is 6.76. The van der Waals surface area contributed by atoms with Gasteiger partial charge in [-0.2, -0.15) is 0 Å². The summed E-state index contributed by atoms with van der Waals surface area (Å²) < 4.78 is 9.73. The molecule has 0 saturated carbocycles. The average Bonchev–Trinajstić information content (AvgIpc) is 2.18. The van der Waals surface area contributed by atoms with Gasteiger partial charge in [0.15, 0.2) is 4.98 Å². The highest BCUT2D eigenvalue weighted by atomic mass is 16.5. The average molecular weight is 202 g/mol. The largest absolute Gasteiger partial charge is 0.489 e. The van der Waals surface area contributed by atoms with Crippen molar-refractivity contribution in [1.29, 1.82) is 5.39 Å². The van der Waals surface area contributed by atoms with E-state index in [1.54, 1.807) is 19.1 Å². The van der Waals surface area contributed by atoms with Crippen LogP contribution in [0.15, 0.2) is 12.1 Å². The Morgan fingerprint density at radius 2 is 1.86 bits per heavy atom. The summed E-state index contributed by atoms with van der Waals surface area (Å²) in [6, 6.07) is 0.